The van der Waals surface area contributed by atoms with Gasteiger partial charge in [0, 0.05) is 13.1 Å². The minimum Gasteiger partial charge on any atom is -0.374 e. The van der Waals surface area contributed by atoms with Gasteiger partial charge in [-0.15, -0.1) is 0 Å². The zero-order valence-corrected chi connectivity index (χ0v) is 14.5. The zero-order valence-electron chi connectivity index (χ0n) is 13.7. The molecule has 1 aromatic carbocycles. The van der Waals surface area contributed by atoms with E-state index in [4.69, 9.17) is 9.47 Å². The van der Waals surface area contributed by atoms with Crippen LogP contribution < -0.4 is 0 Å². The van der Waals surface area contributed by atoms with Crippen molar-refractivity contribution in [1.82, 2.24) is 4.31 Å². The van der Waals surface area contributed by atoms with Crippen LogP contribution in [-0.2, 0) is 26.1 Å². The van der Waals surface area contributed by atoms with E-state index in [-0.39, 0.29) is 18.3 Å². The minimum atomic E-state index is -3.49. The fourth-order valence-electron chi connectivity index (χ4n) is 2.53. The molecule has 0 radical (unpaired) electrons. The number of rotatable bonds is 5. The summed E-state index contributed by atoms with van der Waals surface area (Å²) in [4.78, 5) is 0.318. The Hall–Kier alpha value is -0.950. The molecule has 1 aliphatic rings. The van der Waals surface area contributed by atoms with Crippen molar-refractivity contribution in [2.45, 2.75) is 57.5 Å². The van der Waals surface area contributed by atoms with E-state index in [0.717, 1.165) is 5.56 Å². The average molecular weight is 327 g/mol. The van der Waals surface area contributed by atoms with Crippen LogP contribution in [0.25, 0.3) is 0 Å². The van der Waals surface area contributed by atoms with E-state index in [9.17, 15) is 8.42 Å². The molecular formula is C16H25NO4S. The molecule has 6 heteroatoms. The van der Waals surface area contributed by atoms with Gasteiger partial charge < -0.3 is 9.47 Å². The van der Waals surface area contributed by atoms with Gasteiger partial charge in [-0.1, -0.05) is 12.1 Å². The van der Waals surface area contributed by atoms with E-state index in [0.29, 0.717) is 24.6 Å². The monoisotopic (exact) mass is 327 g/mol. The third-order valence-corrected chi connectivity index (χ3v) is 5.33. The number of ether oxygens (including phenoxy) is 2. The maximum absolute atomic E-state index is 12.8. The van der Waals surface area contributed by atoms with E-state index < -0.39 is 10.0 Å². The third-order valence-electron chi connectivity index (χ3n) is 3.51. The number of nitrogens with zero attached hydrogens (tertiary/aromatic N) is 1. The van der Waals surface area contributed by atoms with Crippen LogP contribution in [0.1, 0.15) is 33.3 Å². The summed E-state index contributed by atoms with van der Waals surface area (Å²) in [6.45, 7) is 8.89. The lowest BCUT2D eigenvalue weighted by Gasteiger charge is -2.34. The molecule has 0 aliphatic carbocycles. The van der Waals surface area contributed by atoms with Gasteiger partial charge >= 0.3 is 0 Å². The van der Waals surface area contributed by atoms with Crippen molar-refractivity contribution in [2.75, 3.05) is 13.1 Å². The largest absolute Gasteiger partial charge is 0.374 e. The fraction of sp³-hybridized carbons (Fsp3) is 0.625. The second kappa shape index (κ2) is 7.08. The van der Waals surface area contributed by atoms with Crippen molar-refractivity contribution >= 4 is 10.0 Å². The topological polar surface area (TPSA) is 55.8 Å². The summed E-state index contributed by atoms with van der Waals surface area (Å²) in [6, 6.07) is 6.98. The highest BCUT2D eigenvalue weighted by molar-refractivity contribution is 7.89. The van der Waals surface area contributed by atoms with E-state index in [1.54, 1.807) is 18.2 Å². The van der Waals surface area contributed by atoms with Gasteiger partial charge in [0.05, 0.1) is 29.8 Å². The first kappa shape index (κ1) is 17.4. The first-order valence-corrected chi connectivity index (χ1v) is 9.09. The molecule has 0 bridgehead atoms. The summed E-state index contributed by atoms with van der Waals surface area (Å²) < 4.78 is 38.3. The highest BCUT2D eigenvalue weighted by Crippen LogP contribution is 2.22. The molecule has 0 amide bonds. The Balaban J connectivity index is 2.20. The lowest BCUT2D eigenvalue weighted by molar-refractivity contribution is -0.0440. The van der Waals surface area contributed by atoms with Crippen molar-refractivity contribution in [3.63, 3.8) is 0 Å². The smallest absolute Gasteiger partial charge is 0.243 e. The molecule has 2 atom stereocenters. The van der Waals surface area contributed by atoms with Crippen molar-refractivity contribution in [2.24, 2.45) is 0 Å². The molecule has 1 heterocycles. The second-order valence-corrected chi connectivity index (χ2v) is 8.02. The van der Waals surface area contributed by atoms with Crippen molar-refractivity contribution in [3.05, 3.63) is 29.8 Å². The molecule has 124 valence electrons. The van der Waals surface area contributed by atoms with Crippen LogP contribution >= 0.6 is 0 Å². The third kappa shape index (κ3) is 4.29. The SMILES string of the molecule is CC(C)OCc1cccc(S(=O)(=O)N2C[C@H](C)O[C@@H](C)C2)c1. The molecule has 1 saturated heterocycles. The van der Waals surface area contributed by atoms with E-state index in [2.05, 4.69) is 0 Å². The van der Waals surface area contributed by atoms with Crippen LogP contribution in [-0.4, -0.2) is 44.1 Å². The Morgan fingerprint density at radius 1 is 1.27 bits per heavy atom. The highest BCUT2D eigenvalue weighted by atomic mass is 32.2. The Morgan fingerprint density at radius 3 is 2.50 bits per heavy atom. The maximum Gasteiger partial charge on any atom is 0.243 e. The van der Waals surface area contributed by atoms with E-state index in [1.807, 2.05) is 33.8 Å². The van der Waals surface area contributed by atoms with Crippen LogP contribution in [0, 0.1) is 0 Å². The Bertz CT molecular complexity index is 590. The fourth-order valence-corrected chi connectivity index (χ4v) is 4.20. The standard InChI is InChI=1S/C16H25NO4S/c1-12(2)20-11-15-6-5-7-16(8-15)22(18,19)17-9-13(3)21-14(4)10-17/h5-8,12-14H,9-11H2,1-4H3/t13-,14-/m0/s1. The normalized spacial score (nSPS) is 23.9. The zero-order chi connectivity index (χ0) is 16.3. The summed E-state index contributed by atoms with van der Waals surface area (Å²) >= 11 is 0. The summed E-state index contributed by atoms with van der Waals surface area (Å²) in [7, 11) is -3.49. The van der Waals surface area contributed by atoms with Gasteiger partial charge in [-0.25, -0.2) is 8.42 Å². The van der Waals surface area contributed by atoms with Crippen molar-refractivity contribution in [1.29, 1.82) is 0 Å². The van der Waals surface area contributed by atoms with Gasteiger partial charge in [0.2, 0.25) is 10.0 Å². The molecule has 0 N–H and O–H groups in total. The first-order chi connectivity index (χ1) is 10.3. The number of morpholine rings is 1. The predicted molar refractivity (Wildman–Crippen MR) is 85.1 cm³/mol. The first-order valence-electron chi connectivity index (χ1n) is 7.65. The molecule has 0 aromatic heterocycles. The molecule has 0 unspecified atom stereocenters. The Kier molecular flexibility index (Phi) is 5.60. The highest BCUT2D eigenvalue weighted by Gasteiger charge is 2.32. The molecule has 0 spiro atoms. The van der Waals surface area contributed by atoms with E-state index >= 15 is 0 Å². The number of benzene rings is 1. The summed E-state index contributed by atoms with van der Waals surface area (Å²) in [5.41, 5.74) is 0.865. The van der Waals surface area contributed by atoms with Crippen LogP contribution in [0.15, 0.2) is 29.2 Å². The lowest BCUT2D eigenvalue weighted by Crippen LogP contribution is -2.48. The number of hydrogen-bond donors (Lipinski definition) is 0. The molecule has 2 rings (SSSR count). The van der Waals surface area contributed by atoms with Crippen molar-refractivity contribution < 1.29 is 17.9 Å². The molecule has 1 fully saturated rings. The van der Waals surface area contributed by atoms with Crippen LogP contribution in [0.3, 0.4) is 0 Å². The van der Waals surface area contributed by atoms with Gasteiger partial charge in [0.1, 0.15) is 0 Å². The average Bonchev–Trinajstić information content (AvgIpc) is 2.44. The summed E-state index contributed by atoms with van der Waals surface area (Å²) in [6.07, 6.45) is -0.0711. The number of sulfonamides is 1. The van der Waals surface area contributed by atoms with Gasteiger partial charge in [-0.3, -0.25) is 0 Å². The molecule has 0 saturated carbocycles. The van der Waals surface area contributed by atoms with Crippen molar-refractivity contribution in [3.8, 4) is 0 Å². The lowest BCUT2D eigenvalue weighted by atomic mass is 10.2. The quantitative estimate of drug-likeness (QED) is 0.833. The van der Waals surface area contributed by atoms with Gasteiger partial charge in [0.15, 0.2) is 0 Å². The second-order valence-electron chi connectivity index (χ2n) is 6.09. The van der Waals surface area contributed by atoms with Crippen LogP contribution in [0.2, 0.25) is 0 Å². The minimum absolute atomic E-state index is 0.0917. The van der Waals surface area contributed by atoms with Gasteiger partial charge in [0.25, 0.3) is 0 Å². The molecule has 1 aliphatic heterocycles. The molecule has 5 nitrogen and oxygen atoms in total. The molecule has 1 aromatic rings. The van der Waals surface area contributed by atoms with Gasteiger partial charge in [-0.2, -0.15) is 4.31 Å². The summed E-state index contributed by atoms with van der Waals surface area (Å²) in [5.74, 6) is 0. The number of hydrogen-bond acceptors (Lipinski definition) is 4. The van der Waals surface area contributed by atoms with E-state index in [1.165, 1.54) is 4.31 Å². The van der Waals surface area contributed by atoms with Crippen LogP contribution in [0.5, 0.6) is 0 Å². The Labute approximate surface area is 133 Å². The van der Waals surface area contributed by atoms with Gasteiger partial charge in [-0.05, 0) is 45.4 Å². The maximum atomic E-state index is 12.8. The van der Waals surface area contributed by atoms with Crippen LogP contribution in [0.4, 0.5) is 0 Å². The molecular weight excluding hydrogens is 302 g/mol. The Morgan fingerprint density at radius 2 is 1.91 bits per heavy atom. The predicted octanol–water partition coefficient (Wildman–Crippen LogP) is 2.41. The molecule has 22 heavy (non-hydrogen) atoms. The summed E-state index contributed by atoms with van der Waals surface area (Å²) in [5, 5.41) is 0.